The molecule has 0 radical (unpaired) electrons. The summed E-state index contributed by atoms with van der Waals surface area (Å²) in [7, 11) is 2.06. The summed E-state index contributed by atoms with van der Waals surface area (Å²) in [6.07, 6.45) is 1.74. The van der Waals surface area contributed by atoms with Gasteiger partial charge in [-0.2, -0.15) is 0 Å². The van der Waals surface area contributed by atoms with Gasteiger partial charge in [-0.3, -0.25) is 0 Å². The average Bonchev–Trinajstić information content (AvgIpc) is 2.48. The lowest BCUT2D eigenvalue weighted by Gasteiger charge is -2.28. The van der Waals surface area contributed by atoms with Crippen LogP contribution in [0, 0.1) is 5.92 Å². The molecule has 1 aromatic rings. The molecule has 1 atom stereocenters. The Labute approximate surface area is 131 Å². The van der Waals surface area contributed by atoms with Gasteiger partial charge < -0.3 is 20.5 Å². The summed E-state index contributed by atoms with van der Waals surface area (Å²) in [5.41, 5.74) is 7.30. The molecule has 1 aliphatic heterocycles. The maximum Gasteiger partial charge on any atom is 0.103 e. The molecule has 0 aliphatic carbocycles. The molecule has 1 heterocycles. The number of likely N-dealkylation sites (N-methyl/N-ethyl adjacent to an activating group) is 1. The Bertz CT molecular complexity index is 458. The van der Waals surface area contributed by atoms with E-state index in [1.807, 2.05) is 24.3 Å². The third-order valence-electron chi connectivity index (χ3n) is 3.98. The maximum atomic E-state index is 10.3. The first-order chi connectivity index (χ1) is 10.1. The Morgan fingerprint density at radius 2 is 2.00 bits per heavy atom. The number of thiocarbonyl (C=S) groups is 1. The Morgan fingerprint density at radius 1 is 1.38 bits per heavy atom. The van der Waals surface area contributed by atoms with E-state index in [0.717, 1.165) is 43.7 Å². The summed E-state index contributed by atoms with van der Waals surface area (Å²) in [6, 6.07) is 7.50. The van der Waals surface area contributed by atoms with Gasteiger partial charge in [-0.15, -0.1) is 0 Å². The highest BCUT2D eigenvalue weighted by molar-refractivity contribution is 7.80. The molecule has 0 spiro atoms. The highest BCUT2D eigenvalue weighted by Gasteiger charge is 2.18. The van der Waals surface area contributed by atoms with Gasteiger partial charge >= 0.3 is 0 Å². The van der Waals surface area contributed by atoms with Gasteiger partial charge in [-0.05, 0) is 31.4 Å². The van der Waals surface area contributed by atoms with E-state index in [4.69, 9.17) is 22.7 Å². The van der Waals surface area contributed by atoms with Crippen LogP contribution in [0.25, 0.3) is 0 Å². The van der Waals surface area contributed by atoms with Crippen LogP contribution >= 0.6 is 12.2 Å². The van der Waals surface area contributed by atoms with Crippen molar-refractivity contribution in [2.24, 2.45) is 11.7 Å². The van der Waals surface area contributed by atoms with Crippen LogP contribution in [0.5, 0.6) is 0 Å². The first-order valence-corrected chi connectivity index (χ1v) is 7.81. The Kier molecular flexibility index (Phi) is 6.11. The SMILES string of the molecule is CN(CC1CCOCC1)CC(O)c1ccc(C(N)=S)cc1. The van der Waals surface area contributed by atoms with E-state index in [9.17, 15) is 5.11 Å². The molecule has 1 saturated heterocycles. The van der Waals surface area contributed by atoms with E-state index in [-0.39, 0.29) is 0 Å². The molecule has 1 aromatic carbocycles. The summed E-state index contributed by atoms with van der Waals surface area (Å²) in [5, 5.41) is 10.3. The van der Waals surface area contributed by atoms with Gasteiger partial charge in [0.25, 0.3) is 0 Å². The quantitative estimate of drug-likeness (QED) is 0.784. The number of aliphatic hydroxyl groups excluding tert-OH is 1. The van der Waals surface area contributed by atoms with Gasteiger partial charge in [0.1, 0.15) is 4.99 Å². The van der Waals surface area contributed by atoms with Crippen LogP contribution in [0.1, 0.15) is 30.1 Å². The highest BCUT2D eigenvalue weighted by atomic mass is 32.1. The average molecular weight is 308 g/mol. The van der Waals surface area contributed by atoms with Crippen LogP contribution in [-0.2, 0) is 4.74 Å². The minimum absolute atomic E-state index is 0.382. The van der Waals surface area contributed by atoms with Gasteiger partial charge in [0.2, 0.25) is 0 Å². The fraction of sp³-hybridized carbons (Fsp3) is 0.562. The fourth-order valence-corrected chi connectivity index (χ4v) is 2.85. The minimum atomic E-state index is -0.491. The smallest absolute Gasteiger partial charge is 0.103 e. The first-order valence-electron chi connectivity index (χ1n) is 7.40. The molecule has 0 saturated carbocycles. The molecule has 2 rings (SSSR count). The lowest BCUT2D eigenvalue weighted by atomic mass is 9.99. The van der Waals surface area contributed by atoms with Crippen molar-refractivity contribution < 1.29 is 9.84 Å². The Hall–Kier alpha value is -1.01. The van der Waals surface area contributed by atoms with Crippen molar-refractivity contribution in [3.63, 3.8) is 0 Å². The van der Waals surface area contributed by atoms with E-state index < -0.39 is 6.10 Å². The van der Waals surface area contributed by atoms with Gasteiger partial charge in [0, 0.05) is 31.9 Å². The van der Waals surface area contributed by atoms with Crippen LogP contribution in [0.2, 0.25) is 0 Å². The molecule has 1 fully saturated rings. The summed E-state index contributed by atoms with van der Waals surface area (Å²) in [4.78, 5) is 2.58. The van der Waals surface area contributed by atoms with E-state index in [1.54, 1.807) is 0 Å². The zero-order valence-electron chi connectivity index (χ0n) is 12.5. The first kappa shape index (κ1) is 16.4. The molecule has 5 heteroatoms. The zero-order chi connectivity index (χ0) is 15.2. The largest absolute Gasteiger partial charge is 0.389 e. The molecular formula is C16H24N2O2S. The predicted octanol–water partition coefficient (Wildman–Crippen LogP) is 1.71. The third kappa shape index (κ3) is 5.04. The zero-order valence-corrected chi connectivity index (χ0v) is 13.3. The number of hydrogen-bond donors (Lipinski definition) is 2. The van der Waals surface area contributed by atoms with E-state index in [2.05, 4.69) is 11.9 Å². The predicted molar refractivity (Wildman–Crippen MR) is 88.3 cm³/mol. The minimum Gasteiger partial charge on any atom is -0.389 e. The van der Waals surface area contributed by atoms with Crippen molar-refractivity contribution in [2.75, 3.05) is 33.4 Å². The highest BCUT2D eigenvalue weighted by Crippen LogP contribution is 2.19. The van der Waals surface area contributed by atoms with Crippen molar-refractivity contribution in [2.45, 2.75) is 18.9 Å². The topological polar surface area (TPSA) is 58.7 Å². The van der Waals surface area contributed by atoms with Gasteiger partial charge in [-0.1, -0.05) is 36.5 Å². The summed E-state index contributed by atoms with van der Waals surface area (Å²) in [6.45, 7) is 3.36. The monoisotopic (exact) mass is 308 g/mol. The molecule has 1 aliphatic rings. The van der Waals surface area contributed by atoms with Crippen molar-refractivity contribution >= 4 is 17.2 Å². The summed E-state index contributed by atoms with van der Waals surface area (Å²) < 4.78 is 5.37. The molecule has 21 heavy (non-hydrogen) atoms. The number of nitrogens with zero attached hydrogens (tertiary/aromatic N) is 1. The summed E-state index contributed by atoms with van der Waals surface area (Å²) >= 11 is 4.93. The molecule has 3 N–H and O–H groups in total. The second-order valence-electron chi connectivity index (χ2n) is 5.78. The van der Waals surface area contributed by atoms with Crippen molar-refractivity contribution in [1.29, 1.82) is 0 Å². The summed E-state index contributed by atoms with van der Waals surface area (Å²) in [5.74, 6) is 0.674. The lowest BCUT2D eigenvalue weighted by molar-refractivity contribution is 0.0478. The standard InChI is InChI=1S/C16H24N2O2S/c1-18(10-12-6-8-20-9-7-12)11-15(19)13-2-4-14(5-3-13)16(17)21/h2-5,12,15,19H,6-11H2,1H3,(H2,17,21). The van der Waals surface area contributed by atoms with E-state index >= 15 is 0 Å². The number of benzene rings is 1. The molecule has 4 nitrogen and oxygen atoms in total. The second-order valence-corrected chi connectivity index (χ2v) is 6.22. The lowest BCUT2D eigenvalue weighted by Crippen LogP contribution is -2.32. The van der Waals surface area contributed by atoms with Gasteiger partial charge in [0.15, 0.2) is 0 Å². The Morgan fingerprint density at radius 3 is 2.57 bits per heavy atom. The van der Waals surface area contributed by atoms with Gasteiger partial charge in [-0.25, -0.2) is 0 Å². The molecule has 1 unspecified atom stereocenters. The second kappa shape index (κ2) is 7.84. The maximum absolute atomic E-state index is 10.3. The van der Waals surface area contributed by atoms with Crippen molar-refractivity contribution in [1.82, 2.24) is 4.90 Å². The van der Waals surface area contributed by atoms with Crippen LogP contribution < -0.4 is 5.73 Å². The third-order valence-corrected chi connectivity index (χ3v) is 4.21. The van der Waals surface area contributed by atoms with Crippen molar-refractivity contribution in [3.8, 4) is 0 Å². The molecule has 116 valence electrons. The fourth-order valence-electron chi connectivity index (χ4n) is 2.71. The molecular weight excluding hydrogens is 284 g/mol. The molecule has 0 aromatic heterocycles. The van der Waals surface area contributed by atoms with Crippen LogP contribution in [-0.4, -0.2) is 48.3 Å². The van der Waals surface area contributed by atoms with Crippen LogP contribution in [0.15, 0.2) is 24.3 Å². The van der Waals surface area contributed by atoms with E-state index in [0.29, 0.717) is 17.5 Å². The number of nitrogens with two attached hydrogens (primary N) is 1. The number of aliphatic hydroxyl groups is 1. The van der Waals surface area contributed by atoms with Crippen LogP contribution in [0.4, 0.5) is 0 Å². The van der Waals surface area contributed by atoms with E-state index in [1.165, 1.54) is 0 Å². The molecule has 0 bridgehead atoms. The normalized spacial score (nSPS) is 17.9. The van der Waals surface area contributed by atoms with Crippen LogP contribution in [0.3, 0.4) is 0 Å². The number of rotatable bonds is 6. The van der Waals surface area contributed by atoms with Crippen molar-refractivity contribution in [3.05, 3.63) is 35.4 Å². The number of hydrogen-bond acceptors (Lipinski definition) is 4. The molecule has 0 amide bonds. The van der Waals surface area contributed by atoms with Gasteiger partial charge in [0.05, 0.1) is 6.10 Å². The Balaban J connectivity index is 1.84. The number of ether oxygens (including phenoxy) is 1.